The van der Waals surface area contributed by atoms with E-state index in [2.05, 4.69) is 29.5 Å². The Balaban J connectivity index is 2.63. The summed E-state index contributed by atoms with van der Waals surface area (Å²) in [5, 5.41) is 0.640. The summed E-state index contributed by atoms with van der Waals surface area (Å²) >= 11 is 2.20. The topological polar surface area (TPSA) is 39.4 Å². The van der Waals surface area contributed by atoms with E-state index in [0.29, 0.717) is 35.5 Å². The lowest BCUT2D eigenvalue weighted by atomic mass is 10.1. The van der Waals surface area contributed by atoms with Crippen LogP contribution in [0.25, 0.3) is 11.0 Å². The molecule has 0 aliphatic rings. The maximum absolute atomic E-state index is 12.5. The third-order valence-corrected chi connectivity index (χ3v) is 3.64. The molecule has 3 nitrogen and oxygen atoms in total. The maximum atomic E-state index is 12.5. The van der Waals surface area contributed by atoms with Crippen molar-refractivity contribution in [3.05, 3.63) is 37.6 Å². The van der Waals surface area contributed by atoms with Crippen molar-refractivity contribution in [3.8, 4) is 5.95 Å². The number of hydrogen-bond acceptors (Lipinski definition) is 3. The fraction of sp³-hybridized carbons (Fsp3) is 0.400. The van der Waals surface area contributed by atoms with Crippen LogP contribution in [0.5, 0.6) is 5.95 Å². The number of benzene rings is 1. The first-order valence-corrected chi connectivity index (χ1v) is 7.63. The summed E-state index contributed by atoms with van der Waals surface area (Å²) in [6, 6.07) is 5.62. The molecule has 1 aromatic carbocycles. The van der Waals surface area contributed by atoms with Crippen LogP contribution in [0.2, 0.25) is 0 Å². The lowest BCUT2D eigenvalue weighted by Gasteiger charge is -2.09. The average molecular weight is 372 g/mol. The van der Waals surface area contributed by atoms with E-state index in [1.807, 2.05) is 25.1 Å². The molecule has 0 radical (unpaired) electrons. The van der Waals surface area contributed by atoms with Crippen LogP contribution in [0.4, 0.5) is 0 Å². The zero-order valence-corrected chi connectivity index (χ0v) is 13.3. The summed E-state index contributed by atoms with van der Waals surface area (Å²) in [5.41, 5.74) is 1.30. The zero-order chi connectivity index (χ0) is 13.8. The summed E-state index contributed by atoms with van der Waals surface area (Å²) in [6.45, 7) is 4.49. The summed E-state index contributed by atoms with van der Waals surface area (Å²) in [5.74, 6) is 0.384. The van der Waals surface area contributed by atoms with Gasteiger partial charge in [-0.3, -0.25) is 4.79 Å². The van der Waals surface area contributed by atoms with Crippen LogP contribution >= 0.6 is 22.6 Å². The Morgan fingerprint density at radius 2 is 2.11 bits per heavy atom. The Kier molecular flexibility index (Phi) is 4.85. The van der Waals surface area contributed by atoms with Crippen LogP contribution in [0, 0.1) is 3.57 Å². The van der Waals surface area contributed by atoms with Gasteiger partial charge in [0.25, 0.3) is 5.95 Å². The van der Waals surface area contributed by atoms with E-state index in [-0.39, 0.29) is 5.43 Å². The highest BCUT2D eigenvalue weighted by atomic mass is 127. The van der Waals surface area contributed by atoms with Crippen LogP contribution in [0.3, 0.4) is 0 Å². The number of rotatable bonds is 5. The zero-order valence-electron chi connectivity index (χ0n) is 11.2. The predicted octanol–water partition coefficient (Wildman–Crippen LogP) is 4.14. The predicted molar refractivity (Wildman–Crippen MR) is 85.0 cm³/mol. The highest BCUT2D eigenvalue weighted by Crippen LogP contribution is 2.24. The summed E-state index contributed by atoms with van der Waals surface area (Å²) < 4.78 is 12.3. The van der Waals surface area contributed by atoms with E-state index < -0.39 is 0 Å². The van der Waals surface area contributed by atoms with Crippen LogP contribution in [0.15, 0.2) is 27.4 Å². The van der Waals surface area contributed by atoms with Crippen molar-refractivity contribution in [1.82, 2.24) is 0 Å². The van der Waals surface area contributed by atoms with E-state index >= 15 is 0 Å². The van der Waals surface area contributed by atoms with Crippen molar-refractivity contribution < 1.29 is 9.15 Å². The Labute approximate surface area is 126 Å². The minimum absolute atomic E-state index is 0.0386. The molecule has 102 valence electrons. The minimum Gasteiger partial charge on any atom is -0.465 e. The molecule has 0 unspecified atom stereocenters. The molecule has 0 saturated carbocycles. The van der Waals surface area contributed by atoms with Crippen molar-refractivity contribution in [2.45, 2.75) is 33.1 Å². The molecule has 1 heterocycles. The normalized spacial score (nSPS) is 10.9. The van der Waals surface area contributed by atoms with E-state index in [1.54, 1.807) is 0 Å². The molecule has 4 heteroatoms. The van der Waals surface area contributed by atoms with Gasteiger partial charge in [-0.2, -0.15) is 0 Å². The first kappa shape index (κ1) is 14.4. The molecule has 2 rings (SSSR count). The number of hydrogen-bond donors (Lipinski definition) is 0. The molecule has 0 aliphatic carbocycles. The maximum Gasteiger partial charge on any atom is 0.292 e. The quantitative estimate of drug-likeness (QED) is 0.741. The molecule has 0 aliphatic heterocycles. The van der Waals surface area contributed by atoms with Gasteiger partial charge in [-0.15, -0.1) is 0 Å². The number of ether oxygens (including phenoxy) is 1. The molecule has 0 saturated heterocycles. The summed E-state index contributed by atoms with van der Waals surface area (Å²) in [4.78, 5) is 12.5. The van der Waals surface area contributed by atoms with E-state index in [1.165, 1.54) is 0 Å². The minimum atomic E-state index is 0.0386. The molecule has 0 atom stereocenters. The van der Waals surface area contributed by atoms with Gasteiger partial charge in [-0.1, -0.05) is 13.3 Å². The van der Waals surface area contributed by atoms with Crippen LogP contribution < -0.4 is 10.2 Å². The number of halogens is 1. The van der Waals surface area contributed by atoms with Gasteiger partial charge in [0.15, 0.2) is 5.43 Å². The fourth-order valence-corrected chi connectivity index (χ4v) is 2.49. The van der Waals surface area contributed by atoms with Gasteiger partial charge >= 0.3 is 0 Å². The molecule has 0 bridgehead atoms. The van der Waals surface area contributed by atoms with E-state index in [4.69, 9.17) is 9.15 Å². The van der Waals surface area contributed by atoms with Gasteiger partial charge < -0.3 is 9.15 Å². The third-order valence-electron chi connectivity index (χ3n) is 2.97. The molecule has 0 spiro atoms. The molecule has 0 fully saturated rings. The first-order valence-electron chi connectivity index (χ1n) is 6.55. The molecule has 19 heavy (non-hydrogen) atoms. The van der Waals surface area contributed by atoms with Crippen molar-refractivity contribution in [1.29, 1.82) is 0 Å². The molecule has 0 N–H and O–H groups in total. The monoisotopic (exact) mass is 372 g/mol. The highest BCUT2D eigenvalue weighted by Gasteiger charge is 2.15. The van der Waals surface area contributed by atoms with Gasteiger partial charge in [-0.05, 0) is 60.6 Å². The molecule has 0 amide bonds. The van der Waals surface area contributed by atoms with Gasteiger partial charge in [0, 0.05) is 3.57 Å². The van der Waals surface area contributed by atoms with Gasteiger partial charge in [0.05, 0.1) is 17.6 Å². The summed E-state index contributed by atoms with van der Waals surface area (Å²) in [6.07, 6.45) is 2.70. The number of fused-ring (bicyclic) bond motifs is 1. The number of unbranched alkanes of at least 4 members (excludes halogenated alkanes) is 1. The smallest absolute Gasteiger partial charge is 0.292 e. The van der Waals surface area contributed by atoms with Gasteiger partial charge in [0.2, 0.25) is 0 Å². The molecular weight excluding hydrogens is 355 g/mol. The first-order chi connectivity index (χ1) is 9.17. The van der Waals surface area contributed by atoms with Crippen LogP contribution in [0.1, 0.15) is 32.3 Å². The highest BCUT2D eigenvalue weighted by molar-refractivity contribution is 14.1. The second-order valence-electron chi connectivity index (χ2n) is 4.37. The molecule has 2 aromatic rings. The summed E-state index contributed by atoms with van der Waals surface area (Å²) in [7, 11) is 0. The average Bonchev–Trinajstić information content (AvgIpc) is 2.40. The second kappa shape index (κ2) is 6.41. The largest absolute Gasteiger partial charge is 0.465 e. The SMILES string of the molecule is CCCCc1c(OCC)oc2ccc(I)cc2c1=O. The van der Waals surface area contributed by atoms with E-state index in [0.717, 1.165) is 16.4 Å². The molecule has 1 aromatic heterocycles. The standard InChI is InChI=1S/C15H17IO3/c1-3-5-6-11-14(17)12-9-10(16)7-8-13(12)19-15(11)18-4-2/h7-9H,3-6H2,1-2H3. The molecular formula is C15H17IO3. The van der Waals surface area contributed by atoms with Crippen LogP contribution in [-0.4, -0.2) is 6.61 Å². The lowest BCUT2D eigenvalue weighted by molar-refractivity contribution is 0.256. The fourth-order valence-electron chi connectivity index (χ4n) is 2.00. The van der Waals surface area contributed by atoms with Crippen LogP contribution in [-0.2, 0) is 6.42 Å². The Hall–Kier alpha value is -1.04. The van der Waals surface area contributed by atoms with Gasteiger partial charge in [0.1, 0.15) is 5.58 Å². The van der Waals surface area contributed by atoms with Crippen molar-refractivity contribution >= 4 is 33.6 Å². The van der Waals surface area contributed by atoms with Crippen molar-refractivity contribution in [2.24, 2.45) is 0 Å². The Morgan fingerprint density at radius 1 is 1.32 bits per heavy atom. The second-order valence-corrected chi connectivity index (χ2v) is 5.62. The lowest BCUT2D eigenvalue weighted by Crippen LogP contribution is -2.12. The van der Waals surface area contributed by atoms with Gasteiger partial charge in [-0.25, -0.2) is 0 Å². The third kappa shape index (κ3) is 3.11. The van der Waals surface area contributed by atoms with Crippen molar-refractivity contribution in [2.75, 3.05) is 6.61 Å². The van der Waals surface area contributed by atoms with Crippen molar-refractivity contribution in [3.63, 3.8) is 0 Å². The van der Waals surface area contributed by atoms with E-state index in [9.17, 15) is 4.79 Å². The Morgan fingerprint density at radius 3 is 2.79 bits per heavy atom. The Bertz CT molecular complexity index is 631.